The molecule has 2 heterocycles. The van der Waals surface area contributed by atoms with Gasteiger partial charge in [0.1, 0.15) is 11.6 Å². The first-order valence-corrected chi connectivity index (χ1v) is 8.53. The van der Waals surface area contributed by atoms with Gasteiger partial charge < -0.3 is 9.64 Å². The zero-order chi connectivity index (χ0) is 18.1. The van der Waals surface area contributed by atoms with Crippen molar-refractivity contribution in [1.29, 1.82) is 0 Å². The van der Waals surface area contributed by atoms with Gasteiger partial charge in [0.05, 0.1) is 12.7 Å². The van der Waals surface area contributed by atoms with E-state index in [9.17, 15) is 9.59 Å². The second-order valence-electron chi connectivity index (χ2n) is 6.22. The molecular formula is C17H21ClN4O3. The highest BCUT2D eigenvalue weighted by Crippen LogP contribution is 2.26. The summed E-state index contributed by atoms with van der Waals surface area (Å²) in [6.45, 7) is 0.553. The van der Waals surface area contributed by atoms with Crippen LogP contribution in [-0.2, 0) is 20.0 Å². The molecule has 1 aliphatic heterocycles. The first-order chi connectivity index (χ1) is 11.9. The smallest absolute Gasteiger partial charge is 0.345 e. The molecule has 0 radical (unpaired) electrons. The Bertz CT molecular complexity index is 858. The lowest BCUT2D eigenvalue weighted by atomic mass is 10.1. The minimum Gasteiger partial charge on any atom is -0.496 e. The number of aromatic nitrogens is 3. The molecule has 8 heteroatoms. The summed E-state index contributed by atoms with van der Waals surface area (Å²) >= 11 is 6.04. The minimum atomic E-state index is -0.142. The molecule has 0 N–H and O–H groups in total. The van der Waals surface area contributed by atoms with Gasteiger partial charge in [0, 0.05) is 38.1 Å². The number of amides is 1. The molecule has 1 aromatic carbocycles. The number of nitrogens with zero attached hydrogens (tertiary/aromatic N) is 4. The zero-order valence-corrected chi connectivity index (χ0v) is 15.3. The Kier molecular flexibility index (Phi) is 4.85. The number of hydrogen-bond donors (Lipinski definition) is 0. The van der Waals surface area contributed by atoms with E-state index in [0.29, 0.717) is 35.7 Å². The average molecular weight is 365 g/mol. The van der Waals surface area contributed by atoms with Crippen LogP contribution in [0, 0.1) is 0 Å². The van der Waals surface area contributed by atoms with Crippen molar-refractivity contribution in [2.75, 3.05) is 14.2 Å². The topological polar surface area (TPSA) is 69.4 Å². The number of ether oxygens (including phenoxy) is 1. The average Bonchev–Trinajstić information content (AvgIpc) is 2.77. The third kappa shape index (κ3) is 3.28. The van der Waals surface area contributed by atoms with Crippen molar-refractivity contribution in [3.8, 4) is 5.75 Å². The molecule has 1 aromatic heterocycles. The van der Waals surface area contributed by atoms with E-state index in [0.717, 1.165) is 12.2 Å². The molecule has 134 valence electrons. The van der Waals surface area contributed by atoms with Crippen LogP contribution in [0.2, 0.25) is 5.02 Å². The van der Waals surface area contributed by atoms with Crippen molar-refractivity contribution in [3.63, 3.8) is 0 Å². The molecule has 3 rings (SSSR count). The molecule has 2 aromatic rings. The van der Waals surface area contributed by atoms with Crippen LogP contribution < -0.4 is 10.4 Å². The van der Waals surface area contributed by atoms with Crippen LogP contribution in [0.15, 0.2) is 23.0 Å². The Morgan fingerprint density at radius 1 is 1.40 bits per heavy atom. The van der Waals surface area contributed by atoms with Gasteiger partial charge in [0.15, 0.2) is 0 Å². The standard InChI is InChI=1S/C17H21ClN4O3/c1-20(16(23)13-10-11(18)4-6-14(13)25-3)12-5-7-15-19-21(2)17(24)22(15)9-8-12/h4,6,10,12H,5,7-9H2,1-3H3. The molecule has 25 heavy (non-hydrogen) atoms. The number of halogens is 1. The summed E-state index contributed by atoms with van der Waals surface area (Å²) in [4.78, 5) is 26.7. The Hall–Kier alpha value is -2.28. The van der Waals surface area contributed by atoms with E-state index in [1.165, 1.54) is 11.8 Å². The summed E-state index contributed by atoms with van der Waals surface area (Å²) in [5, 5.41) is 4.76. The van der Waals surface area contributed by atoms with E-state index in [1.54, 1.807) is 41.8 Å². The van der Waals surface area contributed by atoms with Crippen LogP contribution in [0.4, 0.5) is 0 Å². The first-order valence-electron chi connectivity index (χ1n) is 8.15. The lowest BCUT2D eigenvalue weighted by molar-refractivity contribution is 0.0712. The molecular weight excluding hydrogens is 344 g/mol. The number of methoxy groups -OCH3 is 1. The van der Waals surface area contributed by atoms with Gasteiger partial charge in [-0.3, -0.25) is 9.36 Å². The number of aryl methyl sites for hydroxylation is 2. The van der Waals surface area contributed by atoms with Crippen molar-refractivity contribution in [2.45, 2.75) is 31.8 Å². The van der Waals surface area contributed by atoms with Crippen molar-refractivity contribution >= 4 is 17.5 Å². The second-order valence-corrected chi connectivity index (χ2v) is 6.65. The molecule has 0 bridgehead atoms. The van der Waals surface area contributed by atoms with Gasteiger partial charge in [-0.05, 0) is 31.0 Å². The molecule has 1 aliphatic rings. The van der Waals surface area contributed by atoms with Gasteiger partial charge in [-0.1, -0.05) is 11.6 Å². The maximum absolute atomic E-state index is 12.9. The van der Waals surface area contributed by atoms with Crippen LogP contribution in [0.1, 0.15) is 29.0 Å². The molecule has 1 atom stereocenters. The Labute approximate surface area is 150 Å². The van der Waals surface area contributed by atoms with Crippen LogP contribution >= 0.6 is 11.6 Å². The van der Waals surface area contributed by atoms with Gasteiger partial charge in [-0.15, -0.1) is 0 Å². The monoisotopic (exact) mass is 364 g/mol. The van der Waals surface area contributed by atoms with Crippen LogP contribution in [-0.4, -0.2) is 45.4 Å². The molecule has 0 aliphatic carbocycles. The van der Waals surface area contributed by atoms with E-state index < -0.39 is 0 Å². The Morgan fingerprint density at radius 2 is 2.16 bits per heavy atom. The number of hydrogen-bond acceptors (Lipinski definition) is 4. The molecule has 7 nitrogen and oxygen atoms in total. The summed E-state index contributed by atoms with van der Waals surface area (Å²) in [6.07, 6.45) is 2.11. The SMILES string of the molecule is COc1ccc(Cl)cc1C(=O)N(C)C1CCc2nn(C)c(=O)n2CC1. The van der Waals surface area contributed by atoms with E-state index in [4.69, 9.17) is 16.3 Å². The van der Waals surface area contributed by atoms with E-state index in [2.05, 4.69) is 5.10 Å². The molecule has 1 amide bonds. The molecule has 0 saturated carbocycles. The summed E-state index contributed by atoms with van der Waals surface area (Å²) in [6, 6.07) is 5.02. The maximum atomic E-state index is 12.9. The minimum absolute atomic E-state index is 0.0163. The van der Waals surface area contributed by atoms with Gasteiger partial charge >= 0.3 is 5.69 Å². The lowest BCUT2D eigenvalue weighted by Crippen LogP contribution is -2.38. The summed E-state index contributed by atoms with van der Waals surface area (Å²) in [5.41, 5.74) is 0.330. The number of carbonyl (C=O) groups is 1. The largest absolute Gasteiger partial charge is 0.496 e. The van der Waals surface area contributed by atoms with Crippen molar-refractivity contribution in [3.05, 3.63) is 45.1 Å². The quantitative estimate of drug-likeness (QED) is 0.831. The van der Waals surface area contributed by atoms with Gasteiger partial charge in [0.2, 0.25) is 0 Å². The normalized spacial score (nSPS) is 16.9. The van der Waals surface area contributed by atoms with Crippen LogP contribution in [0.5, 0.6) is 5.75 Å². The molecule has 1 unspecified atom stereocenters. The van der Waals surface area contributed by atoms with E-state index in [1.807, 2.05) is 0 Å². The van der Waals surface area contributed by atoms with Crippen LogP contribution in [0.25, 0.3) is 0 Å². The second kappa shape index (κ2) is 6.92. The van der Waals surface area contributed by atoms with Gasteiger partial charge in [-0.2, -0.15) is 5.10 Å². The highest BCUT2D eigenvalue weighted by molar-refractivity contribution is 6.31. The van der Waals surface area contributed by atoms with Crippen molar-refractivity contribution < 1.29 is 9.53 Å². The number of carbonyl (C=O) groups excluding carboxylic acids is 1. The fraction of sp³-hybridized carbons (Fsp3) is 0.471. The van der Waals surface area contributed by atoms with Crippen LogP contribution in [0.3, 0.4) is 0 Å². The third-order valence-corrected chi connectivity index (χ3v) is 4.97. The molecule has 0 fully saturated rings. The Balaban J connectivity index is 1.80. The highest BCUT2D eigenvalue weighted by atomic mass is 35.5. The van der Waals surface area contributed by atoms with E-state index >= 15 is 0 Å². The number of rotatable bonds is 3. The van der Waals surface area contributed by atoms with E-state index in [-0.39, 0.29) is 17.6 Å². The van der Waals surface area contributed by atoms with Gasteiger partial charge in [-0.25, -0.2) is 9.48 Å². The lowest BCUT2D eigenvalue weighted by Gasteiger charge is -2.27. The number of benzene rings is 1. The maximum Gasteiger partial charge on any atom is 0.345 e. The third-order valence-electron chi connectivity index (χ3n) is 4.73. The first kappa shape index (κ1) is 17.5. The highest BCUT2D eigenvalue weighted by Gasteiger charge is 2.27. The summed E-state index contributed by atoms with van der Waals surface area (Å²) in [7, 11) is 4.96. The fourth-order valence-corrected chi connectivity index (χ4v) is 3.45. The predicted octanol–water partition coefficient (Wildman–Crippen LogP) is 1.72. The molecule has 0 saturated heterocycles. The number of fused-ring (bicyclic) bond motifs is 1. The van der Waals surface area contributed by atoms with Crippen molar-refractivity contribution in [1.82, 2.24) is 19.2 Å². The summed E-state index contributed by atoms with van der Waals surface area (Å²) in [5.74, 6) is 1.13. The van der Waals surface area contributed by atoms with Gasteiger partial charge in [0.25, 0.3) is 5.91 Å². The Morgan fingerprint density at radius 3 is 2.88 bits per heavy atom. The predicted molar refractivity (Wildman–Crippen MR) is 94.3 cm³/mol. The van der Waals surface area contributed by atoms with Crippen molar-refractivity contribution in [2.24, 2.45) is 7.05 Å². The zero-order valence-electron chi connectivity index (χ0n) is 14.5. The fourth-order valence-electron chi connectivity index (χ4n) is 3.27. The summed E-state index contributed by atoms with van der Waals surface area (Å²) < 4.78 is 8.34. The molecule has 0 spiro atoms.